The number of hydrogen-bond donors (Lipinski definition) is 1. The number of piperidine rings is 1. The smallest absolute Gasteiger partial charge is 0.253 e. The van der Waals surface area contributed by atoms with Crippen LogP contribution in [-0.4, -0.2) is 38.9 Å². The van der Waals surface area contributed by atoms with Crippen LogP contribution in [0.4, 0.5) is 0 Å². The second-order valence-corrected chi connectivity index (χ2v) is 8.73. The molecule has 5 nitrogen and oxygen atoms in total. The van der Waals surface area contributed by atoms with E-state index in [9.17, 15) is 13.2 Å². The van der Waals surface area contributed by atoms with Gasteiger partial charge in [0.25, 0.3) is 5.91 Å². The van der Waals surface area contributed by atoms with E-state index in [1.165, 1.54) is 6.07 Å². The Bertz CT molecular complexity index is 858. The Balaban J connectivity index is 1.76. The predicted molar refractivity (Wildman–Crippen MR) is 101 cm³/mol. The summed E-state index contributed by atoms with van der Waals surface area (Å²) in [5.41, 5.74) is 6.85. The summed E-state index contributed by atoms with van der Waals surface area (Å²) in [5.74, 6) is 0.279. The highest BCUT2D eigenvalue weighted by Crippen LogP contribution is 2.21. The molecule has 1 aliphatic rings. The van der Waals surface area contributed by atoms with Gasteiger partial charge in [0.2, 0.25) is 0 Å². The van der Waals surface area contributed by atoms with Crippen molar-refractivity contribution in [2.45, 2.75) is 23.5 Å². The molecule has 1 heterocycles. The number of likely N-dealkylation sites (tertiary alicyclic amines) is 1. The summed E-state index contributed by atoms with van der Waals surface area (Å²) in [7, 11) is -3.50. The molecule has 0 aromatic heterocycles. The first-order valence-corrected chi connectivity index (χ1v) is 10.5. The van der Waals surface area contributed by atoms with E-state index >= 15 is 0 Å². The third kappa shape index (κ3) is 4.31. The molecule has 1 amide bonds. The van der Waals surface area contributed by atoms with Gasteiger partial charge in [0.15, 0.2) is 9.84 Å². The van der Waals surface area contributed by atoms with E-state index in [-0.39, 0.29) is 16.6 Å². The Morgan fingerprint density at radius 3 is 2.38 bits per heavy atom. The van der Waals surface area contributed by atoms with Gasteiger partial charge in [-0.1, -0.05) is 36.4 Å². The molecule has 2 aromatic rings. The van der Waals surface area contributed by atoms with Crippen LogP contribution in [-0.2, 0) is 15.6 Å². The molecule has 3 rings (SSSR count). The number of amides is 1. The SMILES string of the molecule is NCC1CCN(C(=O)c2cccc(S(=O)(=O)Cc3ccccc3)c2)CC1. The van der Waals surface area contributed by atoms with Crippen molar-refractivity contribution in [2.24, 2.45) is 11.7 Å². The molecule has 1 aliphatic heterocycles. The van der Waals surface area contributed by atoms with E-state index in [1.54, 1.807) is 35.2 Å². The summed E-state index contributed by atoms with van der Waals surface area (Å²) in [4.78, 5) is 14.7. The number of carbonyl (C=O) groups is 1. The largest absolute Gasteiger partial charge is 0.339 e. The van der Waals surface area contributed by atoms with Gasteiger partial charge in [0.1, 0.15) is 0 Å². The molecule has 0 saturated carbocycles. The summed E-state index contributed by atoms with van der Waals surface area (Å²) in [6.45, 7) is 1.98. The highest BCUT2D eigenvalue weighted by Gasteiger charge is 2.24. The minimum Gasteiger partial charge on any atom is -0.339 e. The summed E-state index contributed by atoms with van der Waals surface area (Å²) in [6, 6.07) is 15.4. The van der Waals surface area contributed by atoms with Crippen LogP contribution in [0.15, 0.2) is 59.5 Å². The van der Waals surface area contributed by atoms with Crippen LogP contribution in [0.25, 0.3) is 0 Å². The van der Waals surface area contributed by atoms with Gasteiger partial charge >= 0.3 is 0 Å². The second kappa shape index (κ2) is 8.01. The maximum absolute atomic E-state index is 12.7. The average Bonchev–Trinajstić information content (AvgIpc) is 2.68. The zero-order chi connectivity index (χ0) is 18.6. The molecule has 0 atom stereocenters. The highest BCUT2D eigenvalue weighted by atomic mass is 32.2. The Morgan fingerprint density at radius 1 is 1.04 bits per heavy atom. The number of nitrogens with two attached hydrogens (primary N) is 1. The van der Waals surface area contributed by atoms with Gasteiger partial charge in [0, 0.05) is 18.7 Å². The van der Waals surface area contributed by atoms with Crippen molar-refractivity contribution >= 4 is 15.7 Å². The maximum Gasteiger partial charge on any atom is 0.253 e. The molecular weight excluding hydrogens is 348 g/mol. The van der Waals surface area contributed by atoms with E-state index in [4.69, 9.17) is 5.73 Å². The number of nitrogens with zero attached hydrogens (tertiary/aromatic N) is 1. The Labute approximate surface area is 154 Å². The molecule has 6 heteroatoms. The minimum atomic E-state index is -3.50. The van der Waals surface area contributed by atoms with E-state index in [1.807, 2.05) is 18.2 Å². The predicted octanol–water partition coefficient (Wildman–Crippen LogP) is 2.47. The van der Waals surface area contributed by atoms with Crippen LogP contribution in [0.5, 0.6) is 0 Å². The summed E-state index contributed by atoms with van der Waals surface area (Å²) < 4.78 is 25.4. The molecule has 2 aromatic carbocycles. The maximum atomic E-state index is 12.7. The van der Waals surface area contributed by atoms with E-state index < -0.39 is 9.84 Å². The van der Waals surface area contributed by atoms with Crippen molar-refractivity contribution in [1.29, 1.82) is 0 Å². The normalized spacial score (nSPS) is 15.8. The van der Waals surface area contributed by atoms with Gasteiger partial charge in [-0.25, -0.2) is 8.42 Å². The first kappa shape index (κ1) is 18.6. The van der Waals surface area contributed by atoms with Crippen molar-refractivity contribution in [3.05, 3.63) is 65.7 Å². The fourth-order valence-electron chi connectivity index (χ4n) is 3.25. The zero-order valence-corrected chi connectivity index (χ0v) is 15.5. The monoisotopic (exact) mass is 372 g/mol. The molecule has 0 aliphatic carbocycles. The van der Waals surface area contributed by atoms with Gasteiger partial charge in [-0.2, -0.15) is 0 Å². The molecule has 1 saturated heterocycles. The van der Waals surface area contributed by atoms with Crippen molar-refractivity contribution in [3.8, 4) is 0 Å². The van der Waals surface area contributed by atoms with Crippen molar-refractivity contribution in [1.82, 2.24) is 4.90 Å². The van der Waals surface area contributed by atoms with Gasteiger partial charge in [-0.3, -0.25) is 4.79 Å². The number of rotatable bonds is 5. The Hall–Kier alpha value is -2.18. The fraction of sp³-hybridized carbons (Fsp3) is 0.350. The number of carbonyl (C=O) groups excluding carboxylic acids is 1. The quantitative estimate of drug-likeness (QED) is 0.874. The van der Waals surface area contributed by atoms with Crippen LogP contribution >= 0.6 is 0 Å². The molecule has 2 N–H and O–H groups in total. The van der Waals surface area contributed by atoms with Crippen LogP contribution < -0.4 is 5.73 Å². The Kier molecular flexibility index (Phi) is 5.74. The van der Waals surface area contributed by atoms with E-state index in [0.29, 0.717) is 31.1 Å². The molecule has 0 radical (unpaired) electrons. The molecule has 0 unspecified atom stereocenters. The third-order valence-corrected chi connectivity index (χ3v) is 6.56. The Morgan fingerprint density at radius 2 is 1.73 bits per heavy atom. The van der Waals surface area contributed by atoms with Gasteiger partial charge in [0.05, 0.1) is 10.6 Å². The van der Waals surface area contributed by atoms with E-state index in [2.05, 4.69) is 0 Å². The number of sulfone groups is 1. The molecule has 26 heavy (non-hydrogen) atoms. The lowest BCUT2D eigenvalue weighted by molar-refractivity contribution is 0.0693. The van der Waals surface area contributed by atoms with Gasteiger partial charge < -0.3 is 10.6 Å². The fourth-order valence-corrected chi connectivity index (χ4v) is 4.64. The zero-order valence-electron chi connectivity index (χ0n) is 14.7. The molecule has 1 fully saturated rings. The molecule has 0 spiro atoms. The first-order valence-electron chi connectivity index (χ1n) is 8.85. The van der Waals surface area contributed by atoms with Crippen molar-refractivity contribution < 1.29 is 13.2 Å². The summed E-state index contributed by atoms with van der Waals surface area (Å²) in [6.07, 6.45) is 1.79. The third-order valence-electron chi connectivity index (χ3n) is 4.87. The van der Waals surface area contributed by atoms with Crippen LogP contribution in [0, 0.1) is 5.92 Å². The second-order valence-electron chi connectivity index (χ2n) is 6.74. The number of benzene rings is 2. The molecular formula is C20H24N2O3S. The van der Waals surface area contributed by atoms with Crippen LogP contribution in [0.2, 0.25) is 0 Å². The van der Waals surface area contributed by atoms with Crippen molar-refractivity contribution in [3.63, 3.8) is 0 Å². The van der Waals surface area contributed by atoms with Gasteiger partial charge in [-0.05, 0) is 49.1 Å². The van der Waals surface area contributed by atoms with Crippen LogP contribution in [0.3, 0.4) is 0 Å². The summed E-state index contributed by atoms with van der Waals surface area (Å²) >= 11 is 0. The lowest BCUT2D eigenvalue weighted by Crippen LogP contribution is -2.40. The molecule has 0 bridgehead atoms. The summed E-state index contributed by atoms with van der Waals surface area (Å²) in [5, 5.41) is 0. The molecule has 138 valence electrons. The number of hydrogen-bond acceptors (Lipinski definition) is 4. The average molecular weight is 372 g/mol. The highest BCUT2D eigenvalue weighted by molar-refractivity contribution is 7.90. The minimum absolute atomic E-state index is 0.0760. The van der Waals surface area contributed by atoms with E-state index in [0.717, 1.165) is 18.4 Å². The standard InChI is InChI=1S/C20H24N2O3S/c21-14-16-9-11-22(12-10-16)20(23)18-7-4-8-19(13-18)26(24,25)15-17-5-2-1-3-6-17/h1-8,13,16H,9-12,14-15,21H2. The lowest BCUT2D eigenvalue weighted by Gasteiger charge is -2.31. The first-order chi connectivity index (χ1) is 12.5. The van der Waals surface area contributed by atoms with Gasteiger partial charge in [-0.15, -0.1) is 0 Å². The topological polar surface area (TPSA) is 80.5 Å². The van der Waals surface area contributed by atoms with Crippen molar-refractivity contribution in [2.75, 3.05) is 19.6 Å². The lowest BCUT2D eigenvalue weighted by atomic mass is 9.96. The van der Waals surface area contributed by atoms with Crippen LogP contribution in [0.1, 0.15) is 28.8 Å².